The van der Waals surface area contributed by atoms with Gasteiger partial charge >= 0.3 is 5.97 Å². The molecule has 0 spiro atoms. The molecule has 4 nitrogen and oxygen atoms in total. The van der Waals surface area contributed by atoms with Crippen molar-refractivity contribution in [3.05, 3.63) is 34.3 Å². The monoisotopic (exact) mass is 259 g/mol. The highest BCUT2D eigenvalue weighted by molar-refractivity contribution is 5.89. The molecule has 19 heavy (non-hydrogen) atoms. The summed E-state index contributed by atoms with van der Waals surface area (Å²) in [4.78, 5) is 16.3. The number of nitrogens with zero attached hydrogens (tertiary/aromatic N) is 1. The number of hydrogen-bond donors (Lipinski definition) is 1. The van der Waals surface area contributed by atoms with Gasteiger partial charge in [-0.05, 0) is 50.0 Å². The molecule has 100 valence electrons. The normalized spacial score (nSPS) is 24.4. The lowest BCUT2D eigenvalue weighted by Gasteiger charge is -2.24. The number of rotatable bonds is 2. The summed E-state index contributed by atoms with van der Waals surface area (Å²) in [6.07, 6.45) is 2.34. The van der Waals surface area contributed by atoms with Crippen LogP contribution in [0.2, 0.25) is 0 Å². The molecule has 0 radical (unpaired) electrons. The molecule has 0 saturated heterocycles. The van der Waals surface area contributed by atoms with Crippen LogP contribution in [0.25, 0.3) is 5.57 Å². The van der Waals surface area contributed by atoms with Gasteiger partial charge in [0.15, 0.2) is 0 Å². The summed E-state index contributed by atoms with van der Waals surface area (Å²) in [7, 11) is 0. The molecule has 2 aliphatic rings. The van der Waals surface area contributed by atoms with Crippen molar-refractivity contribution in [2.24, 2.45) is 4.99 Å². The lowest BCUT2D eigenvalue weighted by Crippen LogP contribution is -2.30. The molecule has 3 rings (SSSR count). The van der Waals surface area contributed by atoms with Crippen LogP contribution in [-0.2, 0) is 4.74 Å². The average Bonchev–Trinajstić information content (AvgIpc) is 2.78. The highest BCUT2D eigenvalue weighted by atomic mass is 16.5. The second-order valence-electron chi connectivity index (χ2n) is 5.01. The zero-order valence-corrected chi connectivity index (χ0v) is 10.9. The number of hydrogen-bond acceptors (Lipinski definition) is 4. The predicted octanol–water partition coefficient (Wildman–Crippen LogP) is 0.561. The third-order valence-electron chi connectivity index (χ3n) is 3.80. The summed E-state index contributed by atoms with van der Waals surface area (Å²) in [6, 6.07) is 5.33. The summed E-state index contributed by atoms with van der Waals surface area (Å²) in [5.74, 6) is -0.300. The first kappa shape index (κ1) is 12.4. The van der Waals surface area contributed by atoms with Crippen molar-refractivity contribution in [1.82, 2.24) is 0 Å². The lowest BCUT2D eigenvalue weighted by molar-refractivity contribution is 0.0526. The molecule has 1 aliphatic carbocycles. The predicted molar refractivity (Wildman–Crippen MR) is 70.2 cm³/mol. The Hall–Kier alpha value is -1.68. The van der Waals surface area contributed by atoms with Crippen LogP contribution in [0.15, 0.2) is 23.2 Å². The van der Waals surface area contributed by atoms with Crippen LogP contribution < -0.4 is 10.6 Å². The number of carbonyl (C=O) groups excluding carboxylic acids is 1. The van der Waals surface area contributed by atoms with Crippen molar-refractivity contribution in [2.45, 2.75) is 38.3 Å². The van der Waals surface area contributed by atoms with Crippen molar-refractivity contribution in [3.8, 4) is 0 Å². The third kappa shape index (κ3) is 2.06. The third-order valence-corrected chi connectivity index (χ3v) is 3.80. The van der Waals surface area contributed by atoms with Crippen molar-refractivity contribution in [1.29, 1.82) is 0 Å². The minimum atomic E-state index is -0.387. The van der Waals surface area contributed by atoms with Crippen molar-refractivity contribution in [3.63, 3.8) is 0 Å². The van der Waals surface area contributed by atoms with E-state index in [1.807, 2.05) is 12.1 Å². The summed E-state index contributed by atoms with van der Waals surface area (Å²) >= 11 is 0. The maximum absolute atomic E-state index is 11.8. The van der Waals surface area contributed by atoms with Crippen LogP contribution in [0.5, 0.6) is 0 Å². The summed E-state index contributed by atoms with van der Waals surface area (Å²) in [5.41, 5.74) is 1.73. The van der Waals surface area contributed by atoms with E-state index in [2.05, 4.69) is 4.99 Å². The first-order valence-electron chi connectivity index (χ1n) is 6.77. The van der Waals surface area contributed by atoms with Gasteiger partial charge in [0.05, 0.1) is 29.7 Å². The van der Waals surface area contributed by atoms with E-state index < -0.39 is 0 Å². The average molecular weight is 259 g/mol. The zero-order chi connectivity index (χ0) is 13.4. The van der Waals surface area contributed by atoms with E-state index in [4.69, 9.17) is 4.74 Å². The van der Waals surface area contributed by atoms with Gasteiger partial charge in [0.25, 0.3) is 0 Å². The molecule has 1 saturated carbocycles. The molecular formula is C15H17NO3. The maximum Gasteiger partial charge on any atom is 0.338 e. The topological polar surface area (TPSA) is 58.9 Å². The lowest BCUT2D eigenvalue weighted by atomic mass is 9.88. The number of benzene rings is 1. The van der Waals surface area contributed by atoms with Gasteiger partial charge in [-0.1, -0.05) is 0 Å². The molecule has 0 amide bonds. The quantitative estimate of drug-likeness (QED) is 0.790. The molecule has 0 unspecified atom stereocenters. The van der Waals surface area contributed by atoms with Crippen LogP contribution in [-0.4, -0.2) is 29.8 Å². The fourth-order valence-electron chi connectivity index (χ4n) is 2.89. The molecule has 0 bridgehead atoms. The molecule has 1 aliphatic heterocycles. The minimum Gasteiger partial charge on any atom is -0.462 e. The van der Waals surface area contributed by atoms with Gasteiger partial charge in [-0.15, -0.1) is 0 Å². The Labute approximate surface area is 111 Å². The van der Waals surface area contributed by atoms with Gasteiger partial charge in [-0.25, -0.2) is 4.79 Å². The summed E-state index contributed by atoms with van der Waals surface area (Å²) in [5, 5.41) is 11.9. The second kappa shape index (κ2) is 4.78. The standard InChI is InChI=1S/C15H17NO3/c1-2-19-15(18)9-6-7-12-11(8-9)10-4-3-5-13(17)14(10)16-12/h6-8,13-14,17H,2-5H2,1H3/t13-,14+/m0/s1. The molecule has 1 aromatic rings. The number of fused-ring (bicyclic) bond motifs is 2. The van der Waals surface area contributed by atoms with Gasteiger partial charge in [0.1, 0.15) is 0 Å². The summed E-state index contributed by atoms with van der Waals surface area (Å²) in [6.45, 7) is 2.17. The van der Waals surface area contributed by atoms with Crippen LogP contribution in [0.1, 0.15) is 36.5 Å². The fourth-order valence-corrected chi connectivity index (χ4v) is 2.89. The Morgan fingerprint density at radius 2 is 2.37 bits per heavy atom. The minimum absolute atomic E-state index is 0.110. The molecule has 4 heteroatoms. The molecule has 1 N–H and O–H groups in total. The number of ether oxygens (including phenoxy) is 1. The van der Waals surface area contributed by atoms with Gasteiger partial charge < -0.3 is 9.84 Å². The van der Waals surface area contributed by atoms with Crippen LogP contribution in [0.4, 0.5) is 0 Å². The van der Waals surface area contributed by atoms with Crippen molar-refractivity contribution in [2.75, 3.05) is 6.61 Å². The zero-order valence-electron chi connectivity index (χ0n) is 10.9. The first-order valence-corrected chi connectivity index (χ1v) is 6.77. The Morgan fingerprint density at radius 3 is 3.16 bits per heavy atom. The van der Waals surface area contributed by atoms with Crippen molar-refractivity contribution >= 4 is 11.5 Å². The Balaban J connectivity index is 2.08. The van der Waals surface area contributed by atoms with E-state index in [0.29, 0.717) is 12.2 Å². The number of esters is 1. The molecule has 0 aromatic heterocycles. The van der Waals surface area contributed by atoms with Gasteiger partial charge in [-0.3, -0.25) is 4.99 Å². The van der Waals surface area contributed by atoms with E-state index in [1.54, 1.807) is 13.0 Å². The van der Waals surface area contributed by atoms with E-state index in [-0.39, 0.29) is 18.1 Å². The maximum atomic E-state index is 11.8. The number of aliphatic hydroxyl groups is 1. The summed E-state index contributed by atoms with van der Waals surface area (Å²) < 4.78 is 5.02. The second-order valence-corrected chi connectivity index (χ2v) is 5.01. The van der Waals surface area contributed by atoms with E-state index >= 15 is 0 Å². The van der Waals surface area contributed by atoms with Gasteiger partial charge in [0.2, 0.25) is 0 Å². The van der Waals surface area contributed by atoms with E-state index in [9.17, 15) is 9.90 Å². The van der Waals surface area contributed by atoms with Crippen LogP contribution >= 0.6 is 0 Å². The largest absolute Gasteiger partial charge is 0.462 e. The molecule has 2 atom stereocenters. The molecule has 1 aromatic carbocycles. The Morgan fingerprint density at radius 1 is 1.53 bits per heavy atom. The van der Waals surface area contributed by atoms with E-state index in [0.717, 1.165) is 29.8 Å². The van der Waals surface area contributed by atoms with Crippen LogP contribution in [0.3, 0.4) is 0 Å². The van der Waals surface area contributed by atoms with Gasteiger partial charge in [0, 0.05) is 5.22 Å². The first-order chi connectivity index (χ1) is 9.20. The SMILES string of the molecule is CCOC(=O)c1ccc2c(c1)=C1CCC[C@H](O)[C@@H]1N=2. The van der Waals surface area contributed by atoms with Crippen LogP contribution in [0, 0.1) is 0 Å². The van der Waals surface area contributed by atoms with Gasteiger partial charge in [-0.2, -0.15) is 0 Å². The van der Waals surface area contributed by atoms with Crippen molar-refractivity contribution < 1.29 is 14.6 Å². The van der Waals surface area contributed by atoms with E-state index in [1.165, 1.54) is 5.57 Å². The molecular weight excluding hydrogens is 242 g/mol. The number of aliphatic hydroxyl groups excluding tert-OH is 1. The highest BCUT2D eigenvalue weighted by Crippen LogP contribution is 2.27. The number of carbonyl (C=O) groups is 1. The Bertz CT molecular complexity index is 635. The molecule has 1 heterocycles. The smallest absolute Gasteiger partial charge is 0.338 e. The fraction of sp³-hybridized carbons (Fsp3) is 0.467. The molecule has 1 fully saturated rings. The Kier molecular flexibility index (Phi) is 3.11. The highest BCUT2D eigenvalue weighted by Gasteiger charge is 2.30.